The zero-order chi connectivity index (χ0) is 14.7. The van der Waals surface area contributed by atoms with Crippen molar-refractivity contribution < 1.29 is 4.79 Å². The van der Waals surface area contributed by atoms with Crippen LogP contribution < -0.4 is 0 Å². The van der Waals surface area contributed by atoms with Crippen LogP contribution in [0, 0.1) is 17.2 Å². The van der Waals surface area contributed by atoms with Crippen molar-refractivity contribution in [3.05, 3.63) is 48.0 Å². The highest BCUT2D eigenvalue weighted by atomic mass is 16.2. The summed E-state index contributed by atoms with van der Waals surface area (Å²) in [5.74, 6) is 0.126. The summed E-state index contributed by atoms with van der Waals surface area (Å²) in [6, 6.07) is 16.5. The molecule has 2 aromatic rings. The minimum atomic E-state index is -0.00443. The van der Waals surface area contributed by atoms with Gasteiger partial charge in [-0.2, -0.15) is 5.26 Å². The van der Waals surface area contributed by atoms with Gasteiger partial charge in [-0.25, -0.2) is 0 Å². The van der Waals surface area contributed by atoms with E-state index in [0.717, 1.165) is 35.7 Å². The molecule has 1 unspecified atom stereocenters. The maximum absolute atomic E-state index is 12.5. The number of rotatable bonds is 2. The number of likely N-dealkylation sites (tertiary alicyclic amines) is 1. The smallest absolute Gasteiger partial charge is 0.227 e. The molecule has 0 radical (unpaired) electrons. The number of carbonyl (C=O) groups is 1. The molecular weight excluding hydrogens is 260 g/mol. The molecule has 1 saturated heterocycles. The largest absolute Gasteiger partial charge is 0.341 e. The summed E-state index contributed by atoms with van der Waals surface area (Å²) in [5, 5.41) is 11.3. The summed E-state index contributed by atoms with van der Waals surface area (Å²) in [6.07, 6.45) is 2.26. The van der Waals surface area contributed by atoms with Crippen molar-refractivity contribution in [2.24, 2.45) is 5.92 Å². The second-order valence-corrected chi connectivity index (χ2v) is 5.62. The minimum Gasteiger partial charge on any atom is -0.341 e. The highest BCUT2D eigenvalue weighted by Crippen LogP contribution is 2.21. The van der Waals surface area contributed by atoms with E-state index in [2.05, 4.69) is 24.3 Å². The predicted molar refractivity (Wildman–Crippen MR) is 82.6 cm³/mol. The molecule has 0 aliphatic carbocycles. The van der Waals surface area contributed by atoms with Crippen molar-refractivity contribution in [2.75, 3.05) is 13.1 Å². The van der Waals surface area contributed by atoms with Gasteiger partial charge in [-0.3, -0.25) is 4.79 Å². The van der Waals surface area contributed by atoms with E-state index in [1.807, 2.05) is 29.2 Å². The molecule has 0 saturated carbocycles. The van der Waals surface area contributed by atoms with Gasteiger partial charge in [-0.05, 0) is 29.2 Å². The van der Waals surface area contributed by atoms with Gasteiger partial charge in [0.1, 0.15) is 0 Å². The fourth-order valence-corrected chi connectivity index (χ4v) is 3.03. The first-order valence-corrected chi connectivity index (χ1v) is 7.42. The zero-order valence-electron chi connectivity index (χ0n) is 12.0. The van der Waals surface area contributed by atoms with Gasteiger partial charge in [-0.15, -0.1) is 0 Å². The molecule has 1 amide bonds. The van der Waals surface area contributed by atoms with E-state index in [0.29, 0.717) is 13.0 Å². The third-order valence-electron chi connectivity index (χ3n) is 4.18. The monoisotopic (exact) mass is 278 g/mol. The molecule has 1 heterocycles. The first-order chi connectivity index (χ1) is 10.3. The molecule has 1 fully saturated rings. The summed E-state index contributed by atoms with van der Waals surface area (Å²) in [5.41, 5.74) is 1.07. The quantitative estimate of drug-likeness (QED) is 0.847. The molecule has 21 heavy (non-hydrogen) atoms. The molecule has 3 heteroatoms. The highest BCUT2D eigenvalue weighted by Gasteiger charge is 2.23. The first-order valence-electron chi connectivity index (χ1n) is 7.42. The number of hydrogen-bond donors (Lipinski definition) is 0. The van der Waals surface area contributed by atoms with Crippen molar-refractivity contribution in [1.82, 2.24) is 4.90 Å². The molecule has 0 bridgehead atoms. The third kappa shape index (κ3) is 2.90. The van der Waals surface area contributed by atoms with Gasteiger partial charge < -0.3 is 4.90 Å². The van der Waals surface area contributed by atoms with Crippen LogP contribution in [0.1, 0.15) is 18.4 Å². The predicted octanol–water partition coefficient (Wildman–Crippen LogP) is 3.14. The van der Waals surface area contributed by atoms with Gasteiger partial charge in [0.2, 0.25) is 5.91 Å². The average molecular weight is 278 g/mol. The lowest BCUT2D eigenvalue weighted by Gasteiger charge is -2.29. The maximum atomic E-state index is 12.5. The Labute approximate surface area is 124 Å². The highest BCUT2D eigenvalue weighted by molar-refractivity contribution is 5.90. The Hall–Kier alpha value is -2.34. The van der Waals surface area contributed by atoms with E-state index < -0.39 is 0 Å². The van der Waals surface area contributed by atoms with Gasteiger partial charge in [0.25, 0.3) is 0 Å². The van der Waals surface area contributed by atoms with Crippen LogP contribution in [0.3, 0.4) is 0 Å². The van der Waals surface area contributed by atoms with Crippen LogP contribution in [0.2, 0.25) is 0 Å². The molecule has 1 atom stereocenters. The number of nitrogens with zero attached hydrogens (tertiary/aromatic N) is 2. The van der Waals surface area contributed by atoms with Crippen LogP contribution in [0.4, 0.5) is 0 Å². The molecule has 2 aromatic carbocycles. The second kappa shape index (κ2) is 5.97. The zero-order valence-corrected chi connectivity index (χ0v) is 12.0. The number of fused-ring (bicyclic) bond motifs is 1. The lowest BCUT2D eigenvalue weighted by atomic mass is 9.98. The number of carbonyl (C=O) groups excluding carboxylic acids is 1. The maximum Gasteiger partial charge on any atom is 0.227 e. The van der Waals surface area contributed by atoms with Crippen LogP contribution >= 0.6 is 0 Å². The molecular formula is C18H18N2O. The van der Waals surface area contributed by atoms with Crippen molar-refractivity contribution in [2.45, 2.75) is 19.3 Å². The SMILES string of the molecule is N#CC1CCCN(C(=O)Cc2cccc3ccccc23)C1. The molecule has 1 aliphatic heterocycles. The summed E-state index contributed by atoms with van der Waals surface area (Å²) in [4.78, 5) is 14.3. The van der Waals surface area contributed by atoms with E-state index in [1.165, 1.54) is 0 Å². The Morgan fingerprint density at radius 3 is 2.90 bits per heavy atom. The van der Waals surface area contributed by atoms with Crippen LogP contribution in [0.15, 0.2) is 42.5 Å². The van der Waals surface area contributed by atoms with Crippen LogP contribution in [-0.4, -0.2) is 23.9 Å². The topological polar surface area (TPSA) is 44.1 Å². The van der Waals surface area contributed by atoms with E-state index in [-0.39, 0.29) is 11.8 Å². The van der Waals surface area contributed by atoms with Crippen molar-refractivity contribution in [3.8, 4) is 6.07 Å². The van der Waals surface area contributed by atoms with E-state index in [1.54, 1.807) is 0 Å². The summed E-state index contributed by atoms with van der Waals surface area (Å²) >= 11 is 0. The van der Waals surface area contributed by atoms with Crippen molar-refractivity contribution in [3.63, 3.8) is 0 Å². The Morgan fingerprint density at radius 2 is 2.05 bits per heavy atom. The van der Waals surface area contributed by atoms with Gasteiger partial charge in [0.05, 0.1) is 18.4 Å². The van der Waals surface area contributed by atoms with E-state index in [4.69, 9.17) is 5.26 Å². The fraction of sp³-hybridized carbons (Fsp3) is 0.333. The molecule has 1 aliphatic rings. The first kappa shape index (κ1) is 13.6. The van der Waals surface area contributed by atoms with Gasteiger partial charge >= 0.3 is 0 Å². The van der Waals surface area contributed by atoms with Gasteiger partial charge in [0.15, 0.2) is 0 Å². The molecule has 3 rings (SSSR count). The molecule has 0 spiro atoms. The number of piperidine rings is 1. The lowest BCUT2D eigenvalue weighted by Crippen LogP contribution is -2.40. The Morgan fingerprint density at radius 1 is 1.24 bits per heavy atom. The number of hydrogen-bond acceptors (Lipinski definition) is 2. The third-order valence-corrected chi connectivity index (χ3v) is 4.18. The second-order valence-electron chi connectivity index (χ2n) is 5.62. The number of amides is 1. The standard InChI is InChI=1S/C18H18N2O/c19-12-14-5-4-10-20(13-14)18(21)11-16-8-3-7-15-6-1-2-9-17(15)16/h1-3,6-9,14H,4-5,10-11,13H2. The molecule has 3 nitrogen and oxygen atoms in total. The van der Waals surface area contributed by atoms with E-state index >= 15 is 0 Å². The van der Waals surface area contributed by atoms with Crippen LogP contribution in [-0.2, 0) is 11.2 Å². The molecule has 0 N–H and O–H groups in total. The van der Waals surface area contributed by atoms with Crippen LogP contribution in [0.25, 0.3) is 10.8 Å². The normalized spacial score (nSPS) is 18.4. The lowest BCUT2D eigenvalue weighted by molar-refractivity contribution is -0.131. The molecule has 106 valence electrons. The van der Waals surface area contributed by atoms with Crippen molar-refractivity contribution in [1.29, 1.82) is 5.26 Å². The summed E-state index contributed by atoms with van der Waals surface area (Å²) in [7, 11) is 0. The van der Waals surface area contributed by atoms with E-state index in [9.17, 15) is 4.79 Å². The summed E-state index contributed by atoms with van der Waals surface area (Å²) in [6.45, 7) is 1.36. The Kier molecular flexibility index (Phi) is 3.87. The van der Waals surface area contributed by atoms with Crippen LogP contribution in [0.5, 0.6) is 0 Å². The van der Waals surface area contributed by atoms with Gasteiger partial charge in [-0.1, -0.05) is 42.5 Å². The fourth-order valence-electron chi connectivity index (χ4n) is 3.03. The number of benzene rings is 2. The summed E-state index contributed by atoms with van der Waals surface area (Å²) < 4.78 is 0. The van der Waals surface area contributed by atoms with Gasteiger partial charge in [0, 0.05) is 13.1 Å². The molecule has 0 aromatic heterocycles. The Bertz CT molecular complexity index is 696. The minimum absolute atomic E-state index is 0.00443. The average Bonchev–Trinajstić information content (AvgIpc) is 2.55. The van der Waals surface area contributed by atoms with Crippen molar-refractivity contribution >= 4 is 16.7 Å². The number of nitriles is 1. The Balaban J connectivity index is 1.79.